The van der Waals surface area contributed by atoms with E-state index in [0.717, 1.165) is 30.0 Å². The fourth-order valence-corrected chi connectivity index (χ4v) is 3.69. The van der Waals surface area contributed by atoms with Gasteiger partial charge in [-0.3, -0.25) is 0 Å². The van der Waals surface area contributed by atoms with E-state index in [2.05, 4.69) is 65.6 Å². The average Bonchev–Trinajstić information content (AvgIpc) is 2.53. The van der Waals surface area contributed by atoms with E-state index in [1.165, 1.54) is 11.1 Å². The lowest BCUT2D eigenvalue weighted by molar-refractivity contribution is -0.911. The highest BCUT2D eigenvalue weighted by Crippen LogP contribution is 2.14. The van der Waals surface area contributed by atoms with Gasteiger partial charge in [0.25, 0.3) is 0 Å². The number of thioether (sulfide) groups is 1. The van der Waals surface area contributed by atoms with Crippen molar-refractivity contribution in [2.75, 3.05) is 12.5 Å². The molecule has 2 aromatic rings. The first-order chi connectivity index (χ1) is 10.3. The van der Waals surface area contributed by atoms with Crippen LogP contribution in [0.3, 0.4) is 0 Å². The number of hydrogen-bond donors (Lipinski definition) is 1. The normalized spacial score (nSPS) is 18.8. The Labute approximate surface area is 135 Å². The van der Waals surface area contributed by atoms with Gasteiger partial charge in [-0.05, 0) is 17.3 Å². The van der Waals surface area contributed by atoms with Crippen LogP contribution in [0, 0.1) is 0 Å². The summed E-state index contributed by atoms with van der Waals surface area (Å²) in [7, 11) is 0. The number of nitrogens with one attached hydrogen (secondary N) is 1. The molecule has 0 bridgehead atoms. The second kappa shape index (κ2) is 7.07. The van der Waals surface area contributed by atoms with Gasteiger partial charge in [0.2, 0.25) is 0 Å². The van der Waals surface area contributed by atoms with E-state index in [4.69, 9.17) is 12.2 Å². The Hall–Kier alpha value is -1.36. The third-order valence-electron chi connectivity index (χ3n) is 3.59. The SMILES string of the molecule is S=C1SC[NH+](Cc2ccccc2)CN1Cc1ccccc1. The summed E-state index contributed by atoms with van der Waals surface area (Å²) >= 11 is 7.31. The molecule has 1 atom stereocenters. The summed E-state index contributed by atoms with van der Waals surface area (Å²) in [6.45, 7) is 2.95. The average molecular weight is 315 g/mol. The molecule has 2 aromatic carbocycles. The fourth-order valence-electron chi connectivity index (χ4n) is 2.55. The van der Waals surface area contributed by atoms with E-state index in [0.29, 0.717) is 0 Å². The van der Waals surface area contributed by atoms with Crippen molar-refractivity contribution in [3.8, 4) is 0 Å². The summed E-state index contributed by atoms with van der Waals surface area (Å²) in [5.41, 5.74) is 2.71. The fraction of sp³-hybridized carbons (Fsp3) is 0.235. The topological polar surface area (TPSA) is 7.68 Å². The van der Waals surface area contributed by atoms with Crippen LogP contribution in [0.5, 0.6) is 0 Å². The van der Waals surface area contributed by atoms with Crippen LogP contribution in [-0.2, 0) is 13.1 Å². The van der Waals surface area contributed by atoms with Gasteiger partial charge < -0.3 is 9.80 Å². The number of benzene rings is 2. The van der Waals surface area contributed by atoms with Gasteiger partial charge in [0.15, 0.2) is 6.67 Å². The van der Waals surface area contributed by atoms with Gasteiger partial charge in [-0.2, -0.15) is 0 Å². The molecule has 0 amide bonds. The zero-order valence-corrected chi connectivity index (χ0v) is 13.5. The smallest absolute Gasteiger partial charge is 0.155 e. The zero-order chi connectivity index (χ0) is 14.5. The molecule has 3 rings (SSSR count). The summed E-state index contributed by atoms with van der Waals surface area (Å²) in [5.74, 6) is 1.05. The number of hydrogen-bond acceptors (Lipinski definition) is 2. The molecule has 0 radical (unpaired) electrons. The van der Waals surface area contributed by atoms with Crippen molar-refractivity contribution in [3.05, 3.63) is 71.8 Å². The third-order valence-corrected chi connectivity index (χ3v) is 5.26. The lowest BCUT2D eigenvalue weighted by atomic mass is 10.2. The first-order valence-corrected chi connectivity index (χ1v) is 8.54. The molecule has 0 saturated carbocycles. The third kappa shape index (κ3) is 4.06. The second-order valence-corrected chi connectivity index (χ2v) is 6.92. The van der Waals surface area contributed by atoms with Gasteiger partial charge in [0, 0.05) is 12.1 Å². The van der Waals surface area contributed by atoms with E-state index < -0.39 is 0 Å². The van der Waals surface area contributed by atoms with E-state index >= 15 is 0 Å². The van der Waals surface area contributed by atoms with E-state index in [1.807, 2.05) is 0 Å². The molecule has 1 saturated heterocycles. The molecule has 21 heavy (non-hydrogen) atoms. The second-order valence-electron chi connectivity index (χ2n) is 5.31. The van der Waals surface area contributed by atoms with Crippen LogP contribution < -0.4 is 4.90 Å². The van der Waals surface area contributed by atoms with Gasteiger partial charge in [-0.1, -0.05) is 72.9 Å². The van der Waals surface area contributed by atoms with Crippen LogP contribution in [0.2, 0.25) is 0 Å². The first-order valence-electron chi connectivity index (χ1n) is 7.14. The van der Waals surface area contributed by atoms with Gasteiger partial charge in [0.05, 0.1) is 0 Å². The first kappa shape index (κ1) is 14.6. The van der Waals surface area contributed by atoms with Crippen molar-refractivity contribution >= 4 is 28.3 Å². The Bertz CT molecular complexity index is 586. The van der Waals surface area contributed by atoms with Gasteiger partial charge in [0.1, 0.15) is 16.7 Å². The minimum atomic E-state index is 0.908. The molecule has 108 valence electrons. The maximum absolute atomic E-state index is 5.52. The zero-order valence-electron chi connectivity index (χ0n) is 11.9. The van der Waals surface area contributed by atoms with E-state index in [-0.39, 0.29) is 0 Å². The summed E-state index contributed by atoms with van der Waals surface area (Å²) in [6, 6.07) is 21.3. The Morgan fingerprint density at radius 1 is 0.952 bits per heavy atom. The Kier molecular flexibility index (Phi) is 4.91. The Balaban J connectivity index is 1.63. The van der Waals surface area contributed by atoms with E-state index in [9.17, 15) is 0 Å². The van der Waals surface area contributed by atoms with Crippen molar-refractivity contribution in [1.82, 2.24) is 4.90 Å². The van der Waals surface area contributed by atoms with Crippen LogP contribution in [0.4, 0.5) is 0 Å². The quantitative estimate of drug-likeness (QED) is 0.868. The maximum Gasteiger partial charge on any atom is 0.155 e. The standard InChI is InChI=1S/C17H18N2S2/c20-17-19(12-16-9-5-2-6-10-16)13-18(14-21-17)11-15-7-3-1-4-8-15/h1-10H,11-14H2/p+1. The van der Waals surface area contributed by atoms with E-state index in [1.54, 1.807) is 16.7 Å². The van der Waals surface area contributed by atoms with Gasteiger partial charge >= 0.3 is 0 Å². The van der Waals surface area contributed by atoms with Gasteiger partial charge in [-0.15, -0.1) is 0 Å². The molecule has 0 aromatic heterocycles. The molecule has 0 spiro atoms. The van der Waals surface area contributed by atoms with Crippen LogP contribution in [-0.4, -0.2) is 21.8 Å². The van der Waals surface area contributed by atoms with Crippen LogP contribution in [0.1, 0.15) is 11.1 Å². The van der Waals surface area contributed by atoms with Crippen molar-refractivity contribution < 1.29 is 4.90 Å². The molecule has 1 unspecified atom stereocenters. The Morgan fingerprint density at radius 3 is 2.24 bits per heavy atom. The van der Waals surface area contributed by atoms with Crippen molar-refractivity contribution in [3.63, 3.8) is 0 Å². The number of nitrogens with zero attached hydrogens (tertiary/aromatic N) is 1. The Morgan fingerprint density at radius 2 is 1.57 bits per heavy atom. The lowest BCUT2D eigenvalue weighted by Crippen LogP contribution is -3.13. The predicted molar refractivity (Wildman–Crippen MR) is 93.0 cm³/mol. The molecule has 1 aliphatic rings. The minimum Gasteiger partial charge on any atom is -0.306 e. The summed E-state index contributed by atoms with van der Waals surface area (Å²) < 4.78 is 1.02. The van der Waals surface area contributed by atoms with Gasteiger partial charge in [-0.25, -0.2) is 0 Å². The highest BCUT2D eigenvalue weighted by atomic mass is 32.2. The number of rotatable bonds is 4. The molecule has 1 fully saturated rings. The highest BCUT2D eigenvalue weighted by Gasteiger charge is 2.24. The molecule has 1 heterocycles. The molecular formula is C17H19N2S2+. The largest absolute Gasteiger partial charge is 0.306 e. The predicted octanol–water partition coefficient (Wildman–Crippen LogP) is 2.52. The maximum atomic E-state index is 5.52. The monoisotopic (exact) mass is 315 g/mol. The lowest BCUT2D eigenvalue weighted by Gasteiger charge is -2.34. The van der Waals surface area contributed by atoms with Crippen molar-refractivity contribution in [1.29, 1.82) is 0 Å². The van der Waals surface area contributed by atoms with Crippen LogP contribution in [0.25, 0.3) is 0 Å². The van der Waals surface area contributed by atoms with Crippen molar-refractivity contribution in [2.24, 2.45) is 0 Å². The number of thiocarbonyl (C=S) groups is 1. The minimum absolute atomic E-state index is 0.908. The molecule has 4 heteroatoms. The van der Waals surface area contributed by atoms with Crippen LogP contribution in [0.15, 0.2) is 60.7 Å². The summed E-state index contributed by atoms with van der Waals surface area (Å²) in [4.78, 5) is 3.87. The summed E-state index contributed by atoms with van der Waals surface area (Å²) in [5, 5.41) is 0. The number of quaternary nitrogens is 1. The molecule has 1 N–H and O–H groups in total. The van der Waals surface area contributed by atoms with Crippen molar-refractivity contribution in [2.45, 2.75) is 13.1 Å². The molecular weight excluding hydrogens is 296 g/mol. The van der Waals surface area contributed by atoms with Crippen LogP contribution >= 0.6 is 24.0 Å². The summed E-state index contributed by atoms with van der Waals surface area (Å²) in [6.07, 6.45) is 0. The molecule has 2 nitrogen and oxygen atoms in total. The molecule has 1 aliphatic heterocycles. The highest BCUT2D eigenvalue weighted by molar-refractivity contribution is 8.22. The molecule has 0 aliphatic carbocycles.